The number of para-hydroxylation sites is 1. The Morgan fingerprint density at radius 3 is 2.36 bits per heavy atom. The zero-order chi connectivity index (χ0) is 18.1. The molecule has 0 spiro atoms. The molecule has 0 radical (unpaired) electrons. The molecule has 25 heavy (non-hydrogen) atoms. The molecule has 0 saturated carbocycles. The molecule has 2 aromatic rings. The number of hydrogen-bond acceptors (Lipinski definition) is 3. The predicted molar refractivity (Wildman–Crippen MR) is 96.6 cm³/mol. The quantitative estimate of drug-likeness (QED) is 0.811. The fourth-order valence-corrected chi connectivity index (χ4v) is 2.15. The number of benzene rings is 2. The van der Waals surface area contributed by atoms with Gasteiger partial charge < -0.3 is 20.3 Å². The van der Waals surface area contributed by atoms with Crippen molar-refractivity contribution in [3.05, 3.63) is 65.7 Å². The van der Waals surface area contributed by atoms with Crippen molar-refractivity contribution in [2.75, 3.05) is 27.2 Å². The minimum absolute atomic E-state index is 0.131. The standard InChI is InChI=1S/C19H23N3O3/c1-20-18(23)16-10-8-15(9-11-16)14-21-19(24)22(2)12-13-25-17-6-4-3-5-7-17/h3-11H,12-14H2,1-2H3,(H,20,23)(H,21,24). The largest absolute Gasteiger partial charge is 0.492 e. The minimum atomic E-state index is -0.174. The lowest BCUT2D eigenvalue weighted by Crippen LogP contribution is -2.39. The van der Waals surface area contributed by atoms with Crippen molar-refractivity contribution in [2.24, 2.45) is 0 Å². The Kier molecular flexibility index (Phi) is 6.83. The number of carbonyl (C=O) groups is 2. The number of rotatable bonds is 7. The zero-order valence-electron chi connectivity index (χ0n) is 14.5. The Morgan fingerprint density at radius 1 is 1.04 bits per heavy atom. The maximum atomic E-state index is 12.1. The van der Waals surface area contributed by atoms with Crippen LogP contribution >= 0.6 is 0 Å². The summed E-state index contributed by atoms with van der Waals surface area (Å²) >= 11 is 0. The number of amides is 3. The van der Waals surface area contributed by atoms with Gasteiger partial charge in [0.1, 0.15) is 12.4 Å². The van der Waals surface area contributed by atoms with Crippen molar-refractivity contribution in [2.45, 2.75) is 6.54 Å². The van der Waals surface area contributed by atoms with Crippen LogP contribution in [-0.2, 0) is 6.54 Å². The minimum Gasteiger partial charge on any atom is -0.492 e. The number of nitrogens with zero attached hydrogens (tertiary/aromatic N) is 1. The van der Waals surface area contributed by atoms with Crippen LogP contribution in [0.2, 0.25) is 0 Å². The molecule has 0 atom stereocenters. The van der Waals surface area contributed by atoms with Gasteiger partial charge in [-0.1, -0.05) is 30.3 Å². The second kappa shape index (κ2) is 9.32. The first-order chi connectivity index (χ1) is 12.1. The predicted octanol–water partition coefficient (Wildman–Crippen LogP) is 2.27. The molecule has 0 saturated heterocycles. The molecule has 132 valence electrons. The summed E-state index contributed by atoms with van der Waals surface area (Å²) in [7, 11) is 3.31. The van der Waals surface area contributed by atoms with Crippen LogP contribution in [0.3, 0.4) is 0 Å². The topological polar surface area (TPSA) is 70.7 Å². The summed E-state index contributed by atoms with van der Waals surface area (Å²) in [4.78, 5) is 25.1. The third-order valence-electron chi connectivity index (χ3n) is 3.67. The van der Waals surface area contributed by atoms with Gasteiger partial charge in [0.05, 0.1) is 6.54 Å². The van der Waals surface area contributed by atoms with Crippen molar-refractivity contribution >= 4 is 11.9 Å². The summed E-state index contributed by atoms with van der Waals surface area (Å²) in [5.41, 5.74) is 1.52. The van der Waals surface area contributed by atoms with Gasteiger partial charge in [-0.15, -0.1) is 0 Å². The molecular weight excluding hydrogens is 318 g/mol. The Balaban J connectivity index is 1.72. The van der Waals surface area contributed by atoms with E-state index in [1.54, 1.807) is 31.1 Å². The smallest absolute Gasteiger partial charge is 0.317 e. The van der Waals surface area contributed by atoms with Crippen molar-refractivity contribution in [3.8, 4) is 5.75 Å². The number of urea groups is 1. The van der Waals surface area contributed by atoms with Crippen molar-refractivity contribution < 1.29 is 14.3 Å². The molecule has 0 aliphatic heterocycles. The molecule has 0 unspecified atom stereocenters. The van der Waals surface area contributed by atoms with E-state index in [1.165, 1.54) is 0 Å². The van der Waals surface area contributed by atoms with Crippen LogP contribution in [-0.4, -0.2) is 44.1 Å². The van der Waals surface area contributed by atoms with Crippen LogP contribution in [0.1, 0.15) is 15.9 Å². The first-order valence-corrected chi connectivity index (χ1v) is 8.08. The maximum Gasteiger partial charge on any atom is 0.317 e. The van der Waals surface area contributed by atoms with Crippen molar-refractivity contribution in [3.63, 3.8) is 0 Å². The highest BCUT2D eigenvalue weighted by Gasteiger charge is 2.08. The van der Waals surface area contributed by atoms with E-state index in [4.69, 9.17) is 4.74 Å². The molecule has 0 bridgehead atoms. The highest BCUT2D eigenvalue weighted by atomic mass is 16.5. The Hall–Kier alpha value is -3.02. The molecule has 2 aromatic carbocycles. The number of nitrogens with one attached hydrogen (secondary N) is 2. The van der Waals surface area contributed by atoms with Gasteiger partial charge in [-0.05, 0) is 29.8 Å². The molecular formula is C19H23N3O3. The van der Waals surface area contributed by atoms with Gasteiger partial charge in [-0.3, -0.25) is 4.79 Å². The fraction of sp³-hybridized carbons (Fsp3) is 0.263. The second-order valence-electron chi connectivity index (χ2n) is 5.52. The maximum absolute atomic E-state index is 12.1. The summed E-state index contributed by atoms with van der Waals surface area (Å²) in [6.45, 7) is 1.31. The average Bonchev–Trinajstić information content (AvgIpc) is 2.66. The Labute approximate surface area is 147 Å². The van der Waals surface area contributed by atoms with E-state index in [0.29, 0.717) is 25.3 Å². The van der Waals surface area contributed by atoms with Crippen molar-refractivity contribution in [1.82, 2.24) is 15.5 Å². The third kappa shape index (κ3) is 5.84. The van der Waals surface area contributed by atoms with Gasteiger partial charge in [0.25, 0.3) is 5.91 Å². The van der Waals surface area contributed by atoms with Crippen LogP contribution in [0.15, 0.2) is 54.6 Å². The van der Waals surface area contributed by atoms with Gasteiger partial charge in [-0.25, -0.2) is 4.79 Å². The Bertz CT molecular complexity index is 687. The summed E-state index contributed by atoms with van der Waals surface area (Å²) in [6.07, 6.45) is 0. The number of hydrogen-bond donors (Lipinski definition) is 2. The van der Waals surface area contributed by atoms with Gasteiger partial charge in [0.2, 0.25) is 0 Å². The van der Waals surface area contributed by atoms with Gasteiger partial charge >= 0.3 is 6.03 Å². The molecule has 2 rings (SSSR count). The van der Waals surface area contributed by atoms with E-state index in [1.807, 2.05) is 42.5 Å². The van der Waals surface area contributed by atoms with Crippen LogP contribution < -0.4 is 15.4 Å². The van der Waals surface area contributed by atoms with E-state index in [-0.39, 0.29) is 11.9 Å². The summed E-state index contributed by atoms with van der Waals surface area (Å²) in [6, 6.07) is 16.4. The van der Waals surface area contributed by atoms with Crippen LogP contribution in [0.4, 0.5) is 4.79 Å². The molecule has 6 heteroatoms. The van der Waals surface area contributed by atoms with E-state index in [9.17, 15) is 9.59 Å². The van der Waals surface area contributed by atoms with Crippen LogP contribution in [0, 0.1) is 0 Å². The van der Waals surface area contributed by atoms with Crippen LogP contribution in [0.25, 0.3) is 0 Å². The van der Waals surface area contributed by atoms with Crippen LogP contribution in [0.5, 0.6) is 5.75 Å². The lowest BCUT2D eigenvalue weighted by molar-refractivity contribution is 0.0963. The molecule has 0 fully saturated rings. The van der Waals surface area contributed by atoms with Gasteiger partial charge in [0.15, 0.2) is 0 Å². The lowest BCUT2D eigenvalue weighted by Gasteiger charge is -2.18. The molecule has 6 nitrogen and oxygen atoms in total. The molecule has 2 N–H and O–H groups in total. The van der Waals surface area contributed by atoms with E-state index in [2.05, 4.69) is 10.6 Å². The normalized spacial score (nSPS) is 10.0. The highest BCUT2D eigenvalue weighted by molar-refractivity contribution is 5.93. The molecule has 0 heterocycles. The van der Waals surface area contributed by atoms with Crippen molar-refractivity contribution in [1.29, 1.82) is 0 Å². The summed E-state index contributed by atoms with van der Waals surface area (Å²) < 4.78 is 5.58. The van der Waals surface area contributed by atoms with E-state index < -0.39 is 0 Å². The van der Waals surface area contributed by atoms with Gasteiger partial charge in [-0.2, -0.15) is 0 Å². The summed E-state index contributed by atoms with van der Waals surface area (Å²) in [5.74, 6) is 0.654. The fourth-order valence-electron chi connectivity index (χ4n) is 2.15. The third-order valence-corrected chi connectivity index (χ3v) is 3.67. The molecule has 0 aromatic heterocycles. The highest BCUT2D eigenvalue weighted by Crippen LogP contribution is 2.08. The van der Waals surface area contributed by atoms with Gasteiger partial charge in [0, 0.05) is 26.2 Å². The number of ether oxygens (including phenoxy) is 1. The molecule has 3 amide bonds. The zero-order valence-corrected chi connectivity index (χ0v) is 14.5. The second-order valence-corrected chi connectivity index (χ2v) is 5.52. The first kappa shape index (κ1) is 18.3. The first-order valence-electron chi connectivity index (χ1n) is 8.08. The van der Waals surface area contributed by atoms with E-state index in [0.717, 1.165) is 11.3 Å². The summed E-state index contributed by atoms with van der Waals surface area (Å²) in [5, 5.41) is 5.41. The molecule has 0 aliphatic rings. The number of carbonyl (C=O) groups excluding carboxylic acids is 2. The Morgan fingerprint density at radius 2 is 1.72 bits per heavy atom. The number of likely N-dealkylation sites (N-methyl/N-ethyl adjacent to an activating group) is 1. The molecule has 0 aliphatic carbocycles. The lowest BCUT2D eigenvalue weighted by atomic mass is 10.1. The monoisotopic (exact) mass is 341 g/mol. The SMILES string of the molecule is CNC(=O)c1ccc(CNC(=O)N(C)CCOc2ccccc2)cc1. The van der Waals surface area contributed by atoms with E-state index >= 15 is 0 Å². The average molecular weight is 341 g/mol.